The Labute approximate surface area is 133 Å². The van der Waals surface area contributed by atoms with Gasteiger partial charge in [0.2, 0.25) is 0 Å². The summed E-state index contributed by atoms with van der Waals surface area (Å²) in [6, 6.07) is 11.3. The van der Waals surface area contributed by atoms with Crippen molar-refractivity contribution in [2.45, 2.75) is 32.5 Å². The lowest BCUT2D eigenvalue weighted by atomic mass is 10.2. The first-order valence-corrected chi connectivity index (χ1v) is 8.02. The van der Waals surface area contributed by atoms with Crippen molar-refractivity contribution in [1.82, 2.24) is 15.5 Å². The molecule has 5 heteroatoms. The number of ether oxygens (including phenoxy) is 1. The summed E-state index contributed by atoms with van der Waals surface area (Å²) in [5.41, 5.74) is 1.25. The van der Waals surface area contributed by atoms with E-state index < -0.39 is 0 Å². The zero-order valence-corrected chi connectivity index (χ0v) is 13.9. The minimum Gasteiger partial charge on any atom is -0.379 e. The van der Waals surface area contributed by atoms with Crippen LogP contribution in [0.2, 0.25) is 0 Å². The van der Waals surface area contributed by atoms with E-state index in [1.165, 1.54) is 5.56 Å². The van der Waals surface area contributed by atoms with Gasteiger partial charge in [0, 0.05) is 38.8 Å². The van der Waals surface area contributed by atoms with Crippen molar-refractivity contribution in [2.24, 2.45) is 4.99 Å². The van der Waals surface area contributed by atoms with E-state index in [0.717, 1.165) is 38.8 Å². The lowest BCUT2D eigenvalue weighted by molar-refractivity contribution is -0.0174. The molecule has 5 nitrogen and oxygen atoms in total. The number of nitrogens with one attached hydrogen (secondary N) is 2. The van der Waals surface area contributed by atoms with Gasteiger partial charge in [0.1, 0.15) is 0 Å². The molecule has 0 amide bonds. The van der Waals surface area contributed by atoms with E-state index >= 15 is 0 Å². The summed E-state index contributed by atoms with van der Waals surface area (Å²) >= 11 is 0. The average molecular weight is 304 g/mol. The molecule has 1 heterocycles. The van der Waals surface area contributed by atoms with Crippen LogP contribution in [0.1, 0.15) is 19.4 Å². The summed E-state index contributed by atoms with van der Waals surface area (Å²) < 4.78 is 5.50. The maximum Gasteiger partial charge on any atom is 0.191 e. The number of hydrogen-bond donors (Lipinski definition) is 2. The second kappa shape index (κ2) is 8.76. The second-order valence-corrected chi connectivity index (χ2v) is 5.80. The lowest BCUT2D eigenvalue weighted by Crippen LogP contribution is -2.52. The fraction of sp³-hybridized carbons (Fsp3) is 0.588. The van der Waals surface area contributed by atoms with Crippen LogP contribution < -0.4 is 10.6 Å². The minimum absolute atomic E-state index is 0.453. The van der Waals surface area contributed by atoms with Crippen molar-refractivity contribution >= 4 is 5.96 Å². The zero-order chi connectivity index (χ0) is 15.8. The van der Waals surface area contributed by atoms with Gasteiger partial charge in [0.05, 0.1) is 13.2 Å². The summed E-state index contributed by atoms with van der Waals surface area (Å²) in [6.07, 6.45) is 0. The van der Waals surface area contributed by atoms with E-state index in [9.17, 15) is 0 Å². The maximum absolute atomic E-state index is 5.50. The Hall–Kier alpha value is -1.59. The number of morpholine rings is 1. The molecule has 1 saturated heterocycles. The molecule has 0 aliphatic carbocycles. The average Bonchev–Trinajstić information content (AvgIpc) is 2.56. The smallest absolute Gasteiger partial charge is 0.191 e. The van der Waals surface area contributed by atoms with Gasteiger partial charge in [0.15, 0.2) is 5.96 Å². The van der Waals surface area contributed by atoms with Crippen molar-refractivity contribution in [3.63, 3.8) is 0 Å². The van der Waals surface area contributed by atoms with Crippen LogP contribution in [-0.4, -0.2) is 56.3 Å². The molecule has 2 unspecified atom stereocenters. The van der Waals surface area contributed by atoms with Gasteiger partial charge >= 0.3 is 0 Å². The third kappa shape index (κ3) is 5.00. The van der Waals surface area contributed by atoms with E-state index in [1.54, 1.807) is 0 Å². The van der Waals surface area contributed by atoms with Gasteiger partial charge in [-0.05, 0) is 19.4 Å². The molecule has 1 aromatic carbocycles. The number of rotatable bonds is 5. The molecule has 22 heavy (non-hydrogen) atoms. The van der Waals surface area contributed by atoms with E-state index in [-0.39, 0.29) is 0 Å². The Morgan fingerprint density at radius 2 is 2.14 bits per heavy atom. The molecule has 2 rings (SSSR count). The molecule has 0 aromatic heterocycles. The summed E-state index contributed by atoms with van der Waals surface area (Å²) in [7, 11) is 1.81. The largest absolute Gasteiger partial charge is 0.379 e. The summed E-state index contributed by atoms with van der Waals surface area (Å²) in [6.45, 7) is 8.78. The van der Waals surface area contributed by atoms with Crippen LogP contribution >= 0.6 is 0 Å². The van der Waals surface area contributed by atoms with Gasteiger partial charge in [-0.3, -0.25) is 9.89 Å². The van der Waals surface area contributed by atoms with Gasteiger partial charge in [-0.2, -0.15) is 0 Å². The van der Waals surface area contributed by atoms with E-state index in [4.69, 9.17) is 4.74 Å². The van der Waals surface area contributed by atoms with E-state index in [2.05, 4.69) is 58.6 Å². The second-order valence-electron chi connectivity index (χ2n) is 5.80. The van der Waals surface area contributed by atoms with Gasteiger partial charge in [-0.15, -0.1) is 0 Å². The Morgan fingerprint density at radius 3 is 2.82 bits per heavy atom. The number of hydrogen-bond acceptors (Lipinski definition) is 3. The number of aliphatic imine (C=N–C) groups is 1. The van der Waals surface area contributed by atoms with Crippen LogP contribution in [0.25, 0.3) is 0 Å². The maximum atomic E-state index is 5.50. The van der Waals surface area contributed by atoms with Crippen LogP contribution in [-0.2, 0) is 11.3 Å². The number of nitrogens with zero attached hydrogens (tertiary/aromatic N) is 2. The van der Waals surface area contributed by atoms with Crippen LogP contribution in [0.3, 0.4) is 0 Å². The number of guanidine groups is 1. The predicted octanol–water partition coefficient (Wildman–Crippen LogP) is 1.46. The highest BCUT2D eigenvalue weighted by atomic mass is 16.5. The first-order valence-electron chi connectivity index (χ1n) is 8.02. The molecule has 2 N–H and O–H groups in total. The van der Waals surface area contributed by atoms with Crippen LogP contribution in [0.4, 0.5) is 0 Å². The molecule has 122 valence electrons. The Bertz CT molecular complexity index is 463. The first kappa shape index (κ1) is 16.8. The third-order valence-electron chi connectivity index (χ3n) is 4.08. The summed E-state index contributed by atoms with van der Waals surface area (Å²) in [5.74, 6) is 0.844. The fourth-order valence-electron chi connectivity index (χ4n) is 2.76. The molecule has 1 aromatic rings. The topological polar surface area (TPSA) is 48.9 Å². The van der Waals surface area contributed by atoms with E-state index in [0.29, 0.717) is 12.1 Å². The minimum atomic E-state index is 0.453. The molecule has 0 saturated carbocycles. The molecule has 1 aliphatic heterocycles. The van der Waals surface area contributed by atoms with Crippen molar-refractivity contribution in [2.75, 3.05) is 33.4 Å². The highest BCUT2D eigenvalue weighted by molar-refractivity contribution is 5.79. The van der Waals surface area contributed by atoms with Crippen molar-refractivity contribution < 1.29 is 4.74 Å². The van der Waals surface area contributed by atoms with Gasteiger partial charge < -0.3 is 15.4 Å². The fourth-order valence-corrected chi connectivity index (χ4v) is 2.76. The molecule has 1 aliphatic rings. The van der Waals surface area contributed by atoms with Gasteiger partial charge in [-0.25, -0.2) is 0 Å². The van der Waals surface area contributed by atoms with Crippen LogP contribution in [0.5, 0.6) is 0 Å². The molecule has 0 bridgehead atoms. The summed E-state index contributed by atoms with van der Waals surface area (Å²) in [5, 5.41) is 6.76. The van der Waals surface area contributed by atoms with Gasteiger partial charge in [-0.1, -0.05) is 30.3 Å². The van der Waals surface area contributed by atoms with Crippen LogP contribution in [0, 0.1) is 0 Å². The standard InChI is InChI=1S/C17H28N4O/c1-14(21-9-10-22-13-15(21)2)11-19-17(18-3)20-12-16-7-5-4-6-8-16/h4-8,14-15H,9-13H2,1-3H3,(H2,18,19,20). The van der Waals surface area contributed by atoms with Crippen molar-refractivity contribution in [1.29, 1.82) is 0 Å². The summed E-state index contributed by atoms with van der Waals surface area (Å²) in [4.78, 5) is 6.78. The highest BCUT2D eigenvalue weighted by Crippen LogP contribution is 2.10. The van der Waals surface area contributed by atoms with E-state index in [1.807, 2.05) is 13.1 Å². The van der Waals surface area contributed by atoms with Crippen LogP contribution in [0.15, 0.2) is 35.3 Å². The Kier molecular flexibility index (Phi) is 6.68. The monoisotopic (exact) mass is 304 g/mol. The highest BCUT2D eigenvalue weighted by Gasteiger charge is 2.23. The normalized spacial score (nSPS) is 21.4. The van der Waals surface area contributed by atoms with Crippen molar-refractivity contribution in [3.05, 3.63) is 35.9 Å². The van der Waals surface area contributed by atoms with Gasteiger partial charge in [0.25, 0.3) is 0 Å². The molecule has 0 spiro atoms. The lowest BCUT2D eigenvalue weighted by Gasteiger charge is -2.38. The molecule has 1 fully saturated rings. The Balaban J connectivity index is 1.76. The Morgan fingerprint density at radius 1 is 1.36 bits per heavy atom. The SMILES string of the molecule is CN=C(NCc1ccccc1)NCC(C)N1CCOCC1C. The molecule has 0 radical (unpaired) electrons. The quantitative estimate of drug-likeness (QED) is 0.639. The predicted molar refractivity (Wildman–Crippen MR) is 91.1 cm³/mol. The van der Waals surface area contributed by atoms with Crippen molar-refractivity contribution in [3.8, 4) is 0 Å². The molecular formula is C17H28N4O. The first-order chi connectivity index (χ1) is 10.7. The third-order valence-corrected chi connectivity index (χ3v) is 4.08. The zero-order valence-electron chi connectivity index (χ0n) is 13.9. The number of benzene rings is 1. The molecule has 2 atom stereocenters. The molecular weight excluding hydrogens is 276 g/mol.